The first-order valence-electron chi connectivity index (χ1n) is 8.87. The van der Waals surface area contributed by atoms with Crippen LogP contribution >= 0.6 is 0 Å². The van der Waals surface area contributed by atoms with Crippen LogP contribution in [0.2, 0.25) is 0 Å². The fraction of sp³-hybridized carbons (Fsp3) is 0.500. The Kier molecular flexibility index (Phi) is 6.46. The van der Waals surface area contributed by atoms with E-state index in [9.17, 15) is 5.26 Å². The number of piperidine rings is 1. The second-order valence-corrected chi connectivity index (χ2v) is 6.03. The van der Waals surface area contributed by atoms with Gasteiger partial charge in [-0.2, -0.15) is 5.26 Å². The molecule has 0 radical (unpaired) electrons. The minimum atomic E-state index is 0.610. The molecule has 0 unspecified atom stereocenters. The number of nitriles is 1. The molecule has 1 saturated heterocycles. The number of nitrogens with zero attached hydrogens (tertiary/aromatic N) is 3. The summed E-state index contributed by atoms with van der Waals surface area (Å²) in [5, 5.41) is 10.5. The lowest BCUT2D eigenvalue weighted by Crippen LogP contribution is -2.33. The summed E-state index contributed by atoms with van der Waals surface area (Å²) in [4.78, 5) is 6.72. The average molecular weight is 341 g/mol. The minimum Gasteiger partial charge on any atom is -0.493 e. The van der Waals surface area contributed by atoms with Crippen LogP contribution in [-0.4, -0.2) is 32.3 Å². The highest BCUT2D eigenvalue weighted by molar-refractivity contribution is 5.96. The number of rotatable bonds is 3. The Balaban J connectivity index is 0.00000109. The van der Waals surface area contributed by atoms with E-state index in [2.05, 4.69) is 22.9 Å². The Morgan fingerprint density at radius 3 is 2.28 bits per heavy atom. The Labute approximate surface area is 150 Å². The van der Waals surface area contributed by atoms with Gasteiger partial charge in [-0.3, -0.25) is 4.98 Å². The third kappa shape index (κ3) is 3.79. The van der Waals surface area contributed by atoms with Crippen molar-refractivity contribution in [2.75, 3.05) is 32.2 Å². The van der Waals surface area contributed by atoms with Gasteiger partial charge < -0.3 is 14.4 Å². The van der Waals surface area contributed by atoms with Crippen molar-refractivity contribution in [1.29, 1.82) is 5.26 Å². The third-order valence-electron chi connectivity index (χ3n) is 4.57. The van der Waals surface area contributed by atoms with Gasteiger partial charge in [0.2, 0.25) is 0 Å². The van der Waals surface area contributed by atoms with Gasteiger partial charge in [-0.05, 0) is 24.8 Å². The van der Waals surface area contributed by atoms with Crippen LogP contribution in [0, 0.1) is 17.2 Å². The highest BCUT2D eigenvalue weighted by Gasteiger charge is 2.22. The molecule has 3 rings (SSSR count). The minimum absolute atomic E-state index is 0.610. The smallest absolute Gasteiger partial charge is 0.162 e. The summed E-state index contributed by atoms with van der Waals surface area (Å²) in [6.45, 7) is 8.20. The zero-order valence-corrected chi connectivity index (χ0v) is 15.8. The molecule has 0 atom stereocenters. The van der Waals surface area contributed by atoms with Crippen LogP contribution in [0.1, 0.15) is 39.2 Å². The van der Waals surface area contributed by atoms with Gasteiger partial charge >= 0.3 is 0 Å². The van der Waals surface area contributed by atoms with Crippen molar-refractivity contribution in [1.82, 2.24) is 4.98 Å². The summed E-state index contributed by atoms with van der Waals surface area (Å²) < 4.78 is 10.8. The van der Waals surface area contributed by atoms with Crippen molar-refractivity contribution in [2.45, 2.75) is 33.6 Å². The zero-order chi connectivity index (χ0) is 18.4. The van der Waals surface area contributed by atoms with Gasteiger partial charge in [0, 0.05) is 30.7 Å². The Hall–Kier alpha value is -2.48. The molecule has 1 aromatic carbocycles. The summed E-state index contributed by atoms with van der Waals surface area (Å²) >= 11 is 0. The summed E-state index contributed by atoms with van der Waals surface area (Å²) in [5.74, 6) is 2.04. The second-order valence-electron chi connectivity index (χ2n) is 6.03. The molecule has 0 aliphatic carbocycles. The predicted octanol–water partition coefficient (Wildman–Crippen LogP) is 4.39. The number of hydrogen-bond acceptors (Lipinski definition) is 5. The molecule has 2 heterocycles. The molecule has 1 fully saturated rings. The summed E-state index contributed by atoms with van der Waals surface area (Å²) in [7, 11) is 3.23. The molecule has 134 valence electrons. The van der Waals surface area contributed by atoms with E-state index in [0.29, 0.717) is 17.1 Å². The van der Waals surface area contributed by atoms with E-state index in [1.807, 2.05) is 26.0 Å². The highest BCUT2D eigenvalue weighted by atomic mass is 16.5. The Morgan fingerprint density at radius 1 is 1.12 bits per heavy atom. The molecular formula is C20H27N3O2. The van der Waals surface area contributed by atoms with Crippen molar-refractivity contribution < 1.29 is 9.47 Å². The Bertz CT molecular complexity index is 760. The summed E-state index contributed by atoms with van der Waals surface area (Å²) in [6, 6.07) is 6.08. The lowest BCUT2D eigenvalue weighted by Gasteiger charge is -2.33. The Morgan fingerprint density at radius 2 is 1.72 bits per heavy atom. The standard InChI is InChI=1S/C18H21N3O2.C2H6/c1-12-4-6-21(7-5-12)18-13(10-19)11-20-15-9-17(23-3)16(22-2)8-14(15)18;1-2/h8-9,11-12H,4-7H2,1-3H3;1-2H3. The van der Waals surface area contributed by atoms with E-state index in [1.54, 1.807) is 20.4 Å². The van der Waals surface area contributed by atoms with Crippen LogP contribution in [0.15, 0.2) is 18.3 Å². The van der Waals surface area contributed by atoms with Crippen molar-refractivity contribution >= 4 is 16.6 Å². The van der Waals surface area contributed by atoms with Gasteiger partial charge in [-0.25, -0.2) is 0 Å². The van der Waals surface area contributed by atoms with Crippen LogP contribution in [-0.2, 0) is 0 Å². The predicted molar refractivity (Wildman–Crippen MR) is 102 cm³/mol. The number of fused-ring (bicyclic) bond motifs is 1. The number of aromatic nitrogens is 1. The normalized spacial score (nSPS) is 14.5. The molecule has 0 bridgehead atoms. The van der Waals surface area contributed by atoms with E-state index >= 15 is 0 Å². The summed E-state index contributed by atoms with van der Waals surface area (Å²) in [5.41, 5.74) is 2.39. The van der Waals surface area contributed by atoms with E-state index < -0.39 is 0 Å². The highest BCUT2D eigenvalue weighted by Crippen LogP contribution is 2.38. The number of methoxy groups -OCH3 is 2. The second kappa shape index (κ2) is 8.57. The van der Waals surface area contributed by atoms with Crippen LogP contribution < -0.4 is 14.4 Å². The first kappa shape index (κ1) is 18.9. The third-order valence-corrected chi connectivity index (χ3v) is 4.57. The maximum Gasteiger partial charge on any atom is 0.162 e. The van der Waals surface area contributed by atoms with Crippen LogP contribution in [0.4, 0.5) is 5.69 Å². The molecule has 0 amide bonds. The molecular weight excluding hydrogens is 314 g/mol. The molecule has 0 N–H and O–H groups in total. The van der Waals surface area contributed by atoms with E-state index in [1.165, 1.54) is 0 Å². The number of pyridine rings is 1. The van der Waals surface area contributed by atoms with Crippen LogP contribution in [0.3, 0.4) is 0 Å². The summed E-state index contributed by atoms with van der Waals surface area (Å²) in [6.07, 6.45) is 3.94. The van der Waals surface area contributed by atoms with E-state index in [0.717, 1.165) is 48.4 Å². The quantitative estimate of drug-likeness (QED) is 0.829. The fourth-order valence-electron chi connectivity index (χ4n) is 3.16. The topological polar surface area (TPSA) is 58.4 Å². The largest absolute Gasteiger partial charge is 0.493 e. The van der Waals surface area contributed by atoms with Crippen molar-refractivity contribution in [3.63, 3.8) is 0 Å². The zero-order valence-electron chi connectivity index (χ0n) is 15.8. The molecule has 2 aromatic rings. The van der Waals surface area contributed by atoms with E-state index in [-0.39, 0.29) is 0 Å². The maximum atomic E-state index is 9.52. The van der Waals surface area contributed by atoms with Crippen molar-refractivity contribution in [3.05, 3.63) is 23.9 Å². The SMILES string of the molecule is CC.COc1cc2ncc(C#N)c(N3CCC(C)CC3)c2cc1OC. The fourth-order valence-corrected chi connectivity index (χ4v) is 3.16. The molecule has 0 spiro atoms. The monoisotopic (exact) mass is 341 g/mol. The van der Waals surface area contributed by atoms with Gasteiger partial charge in [0.05, 0.1) is 31.0 Å². The van der Waals surface area contributed by atoms with Gasteiger partial charge in [0.25, 0.3) is 0 Å². The molecule has 1 aromatic heterocycles. The van der Waals surface area contributed by atoms with Gasteiger partial charge in [0.1, 0.15) is 6.07 Å². The van der Waals surface area contributed by atoms with Gasteiger partial charge in [-0.15, -0.1) is 0 Å². The lowest BCUT2D eigenvalue weighted by molar-refractivity contribution is 0.356. The van der Waals surface area contributed by atoms with E-state index in [4.69, 9.17) is 9.47 Å². The van der Waals surface area contributed by atoms with Crippen molar-refractivity contribution in [3.8, 4) is 17.6 Å². The maximum absolute atomic E-state index is 9.52. The first-order valence-corrected chi connectivity index (χ1v) is 8.87. The number of hydrogen-bond donors (Lipinski definition) is 0. The molecule has 5 heteroatoms. The number of benzene rings is 1. The van der Waals surface area contributed by atoms with Crippen LogP contribution in [0.25, 0.3) is 10.9 Å². The van der Waals surface area contributed by atoms with Crippen LogP contribution in [0.5, 0.6) is 11.5 Å². The first-order chi connectivity index (χ1) is 12.2. The van der Waals surface area contributed by atoms with Gasteiger partial charge in [0.15, 0.2) is 11.5 Å². The molecule has 0 saturated carbocycles. The molecule has 1 aliphatic rings. The van der Waals surface area contributed by atoms with Crippen molar-refractivity contribution in [2.24, 2.45) is 5.92 Å². The molecule has 5 nitrogen and oxygen atoms in total. The number of ether oxygens (including phenoxy) is 2. The number of anilines is 1. The molecule has 25 heavy (non-hydrogen) atoms. The lowest BCUT2D eigenvalue weighted by atomic mass is 9.97. The average Bonchev–Trinajstić information content (AvgIpc) is 2.68. The van der Waals surface area contributed by atoms with Gasteiger partial charge in [-0.1, -0.05) is 20.8 Å². The molecule has 1 aliphatic heterocycles.